The van der Waals surface area contributed by atoms with Gasteiger partial charge in [0.15, 0.2) is 6.04 Å². The number of hydrogen-bond acceptors (Lipinski definition) is 2. The largest absolute Gasteiger partial charge is 0.359 e. The summed E-state index contributed by atoms with van der Waals surface area (Å²) >= 11 is 6.31. The molecule has 2 N–H and O–H groups in total. The molecule has 1 heterocycles. The van der Waals surface area contributed by atoms with Crippen LogP contribution in [0.1, 0.15) is 39.0 Å². The molecule has 2 aliphatic rings. The van der Waals surface area contributed by atoms with Crippen LogP contribution in [0.2, 0.25) is 5.02 Å². The molecular formula is C21H31ClN3O+. The second kappa shape index (κ2) is 9.43. The Morgan fingerprint density at radius 2 is 2.04 bits per heavy atom. The summed E-state index contributed by atoms with van der Waals surface area (Å²) in [7, 11) is 0. The second-order valence-corrected chi connectivity index (χ2v) is 7.87. The van der Waals surface area contributed by atoms with E-state index in [4.69, 9.17) is 11.6 Å². The van der Waals surface area contributed by atoms with E-state index in [-0.39, 0.29) is 11.9 Å². The molecule has 0 aromatic heterocycles. The van der Waals surface area contributed by atoms with Crippen molar-refractivity contribution >= 4 is 23.2 Å². The molecule has 26 heavy (non-hydrogen) atoms. The van der Waals surface area contributed by atoms with Gasteiger partial charge < -0.3 is 15.1 Å². The average Bonchev–Trinajstić information content (AvgIpc) is 2.69. The lowest BCUT2D eigenvalue weighted by Crippen LogP contribution is -3.19. The Labute approximate surface area is 162 Å². The maximum atomic E-state index is 12.5. The molecule has 1 saturated heterocycles. The fourth-order valence-corrected chi connectivity index (χ4v) is 4.25. The zero-order valence-corrected chi connectivity index (χ0v) is 16.5. The second-order valence-electron chi connectivity index (χ2n) is 7.47. The molecule has 4 nitrogen and oxygen atoms in total. The van der Waals surface area contributed by atoms with Crippen LogP contribution < -0.4 is 15.1 Å². The van der Waals surface area contributed by atoms with Crippen LogP contribution in [0, 0.1) is 0 Å². The monoisotopic (exact) mass is 376 g/mol. The standard InChI is InChI=1S/C21H30ClN3O/c1-17(21(26)23-12-11-18-7-3-2-4-8-18)24-13-15-25(16-14-24)20-10-6-5-9-19(20)22/h5-7,9-10,17H,2-4,8,11-16H2,1H3,(H,23,26)/p+1/t17-/m1/s1. The number of anilines is 1. The Balaban J connectivity index is 1.42. The number of quaternary nitrogens is 1. The molecule has 3 rings (SSSR count). The maximum absolute atomic E-state index is 12.5. The van der Waals surface area contributed by atoms with E-state index in [1.165, 1.54) is 36.2 Å². The highest BCUT2D eigenvalue weighted by Crippen LogP contribution is 2.24. The van der Waals surface area contributed by atoms with Gasteiger partial charge in [-0.1, -0.05) is 35.4 Å². The van der Waals surface area contributed by atoms with Gasteiger partial charge >= 0.3 is 0 Å². The molecule has 0 unspecified atom stereocenters. The lowest BCUT2D eigenvalue weighted by Gasteiger charge is -2.36. The molecule has 1 fully saturated rings. The highest BCUT2D eigenvalue weighted by Gasteiger charge is 2.29. The third-order valence-electron chi connectivity index (χ3n) is 5.73. The van der Waals surface area contributed by atoms with Crippen LogP contribution in [-0.4, -0.2) is 44.7 Å². The lowest BCUT2D eigenvalue weighted by molar-refractivity contribution is -0.914. The molecule has 1 aliphatic heterocycles. The van der Waals surface area contributed by atoms with Gasteiger partial charge in [-0.3, -0.25) is 4.79 Å². The smallest absolute Gasteiger partial charge is 0.278 e. The van der Waals surface area contributed by atoms with Crippen molar-refractivity contribution in [2.24, 2.45) is 0 Å². The van der Waals surface area contributed by atoms with Crippen LogP contribution in [0.15, 0.2) is 35.9 Å². The van der Waals surface area contributed by atoms with Crippen molar-refractivity contribution in [3.8, 4) is 0 Å². The topological polar surface area (TPSA) is 36.8 Å². The first-order valence-electron chi connectivity index (χ1n) is 9.95. The number of piperazine rings is 1. The summed E-state index contributed by atoms with van der Waals surface area (Å²) in [5.74, 6) is 0.183. The van der Waals surface area contributed by atoms with Crippen molar-refractivity contribution in [2.45, 2.75) is 45.1 Å². The highest BCUT2D eigenvalue weighted by molar-refractivity contribution is 6.33. The van der Waals surface area contributed by atoms with Crippen LogP contribution in [0.4, 0.5) is 5.69 Å². The minimum absolute atomic E-state index is 0.00345. The average molecular weight is 377 g/mol. The van der Waals surface area contributed by atoms with Crippen LogP contribution >= 0.6 is 11.6 Å². The summed E-state index contributed by atoms with van der Waals surface area (Å²) in [6.45, 7) is 6.62. The highest BCUT2D eigenvalue weighted by atomic mass is 35.5. The van der Waals surface area contributed by atoms with Crippen LogP contribution in [0.25, 0.3) is 0 Å². The van der Waals surface area contributed by atoms with E-state index < -0.39 is 0 Å². The zero-order chi connectivity index (χ0) is 18.4. The normalized spacial score (nSPS) is 19.8. The summed E-state index contributed by atoms with van der Waals surface area (Å²) in [6, 6.07) is 8.00. The number of halogens is 1. The van der Waals surface area contributed by atoms with Gasteiger partial charge in [0.2, 0.25) is 0 Å². The van der Waals surface area contributed by atoms with Crippen molar-refractivity contribution < 1.29 is 9.69 Å². The molecule has 1 aromatic rings. The molecule has 1 amide bonds. The van der Waals surface area contributed by atoms with Gasteiger partial charge in [-0.05, 0) is 51.2 Å². The van der Waals surface area contributed by atoms with Gasteiger partial charge in [-0.2, -0.15) is 0 Å². The van der Waals surface area contributed by atoms with Crippen molar-refractivity contribution in [1.82, 2.24) is 5.32 Å². The SMILES string of the molecule is C[C@H](C(=O)NCCC1=CCCCC1)[NH+]1CCN(c2ccccc2Cl)CC1. The molecule has 0 radical (unpaired) electrons. The lowest BCUT2D eigenvalue weighted by atomic mass is 9.97. The van der Waals surface area contributed by atoms with E-state index in [9.17, 15) is 4.79 Å². The predicted molar refractivity (Wildman–Crippen MR) is 108 cm³/mol. The third kappa shape index (κ3) is 5.01. The summed E-state index contributed by atoms with van der Waals surface area (Å²) in [4.78, 5) is 16.2. The van der Waals surface area contributed by atoms with E-state index in [2.05, 4.69) is 29.3 Å². The van der Waals surface area contributed by atoms with Crippen LogP contribution in [0.3, 0.4) is 0 Å². The summed E-state index contributed by atoms with van der Waals surface area (Å²) in [6.07, 6.45) is 8.40. The number of carbonyl (C=O) groups excluding carboxylic acids is 1. The number of allylic oxidation sites excluding steroid dienone is 1. The molecule has 1 aliphatic carbocycles. The molecule has 1 aromatic carbocycles. The Kier molecular flexibility index (Phi) is 6.98. The van der Waals surface area contributed by atoms with Gasteiger partial charge in [0.25, 0.3) is 5.91 Å². The number of benzene rings is 1. The summed E-state index contributed by atoms with van der Waals surface area (Å²) in [5, 5.41) is 3.95. The number of para-hydroxylation sites is 1. The van der Waals surface area contributed by atoms with Crippen molar-refractivity contribution in [3.05, 3.63) is 40.9 Å². The minimum atomic E-state index is 0.00345. The number of carbonyl (C=O) groups is 1. The van der Waals surface area contributed by atoms with Crippen molar-refractivity contribution in [3.63, 3.8) is 0 Å². The molecule has 142 valence electrons. The molecule has 5 heteroatoms. The van der Waals surface area contributed by atoms with E-state index >= 15 is 0 Å². The van der Waals surface area contributed by atoms with Crippen LogP contribution in [0.5, 0.6) is 0 Å². The van der Waals surface area contributed by atoms with Gasteiger partial charge in [-0.25, -0.2) is 0 Å². The van der Waals surface area contributed by atoms with Gasteiger partial charge in [0, 0.05) is 6.54 Å². The predicted octanol–water partition coefficient (Wildman–Crippen LogP) is 2.44. The number of rotatable bonds is 6. The fourth-order valence-electron chi connectivity index (χ4n) is 3.99. The third-order valence-corrected chi connectivity index (χ3v) is 6.05. The molecule has 1 atom stereocenters. The van der Waals surface area contributed by atoms with Crippen LogP contribution in [-0.2, 0) is 4.79 Å². The number of nitrogens with one attached hydrogen (secondary N) is 2. The van der Waals surface area contributed by atoms with E-state index in [0.717, 1.165) is 49.9 Å². The minimum Gasteiger partial charge on any atom is -0.359 e. The Bertz CT molecular complexity index is 638. The molecular weight excluding hydrogens is 346 g/mol. The molecule has 0 spiro atoms. The Hall–Kier alpha value is -1.52. The van der Waals surface area contributed by atoms with E-state index in [1.54, 1.807) is 0 Å². The zero-order valence-electron chi connectivity index (χ0n) is 15.8. The van der Waals surface area contributed by atoms with Gasteiger partial charge in [0.05, 0.1) is 36.9 Å². The number of amides is 1. The Morgan fingerprint density at radius 1 is 1.27 bits per heavy atom. The van der Waals surface area contributed by atoms with E-state index in [1.807, 2.05) is 18.2 Å². The first-order chi connectivity index (χ1) is 12.6. The molecule has 0 bridgehead atoms. The van der Waals surface area contributed by atoms with Gasteiger partial charge in [-0.15, -0.1) is 0 Å². The first-order valence-corrected chi connectivity index (χ1v) is 10.3. The van der Waals surface area contributed by atoms with Crippen molar-refractivity contribution in [2.75, 3.05) is 37.6 Å². The summed E-state index contributed by atoms with van der Waals surface area (Å²) < 4.78 is 0. The van der Waals surface area contributed by atoms with E-state index in [0.29, 0.717) is 0 Å². The van der Waals surface area contributed by atoms with Crippen molar-refractivity contribution in [1.29, 1.82) is 0 Å². The quantitative estimate of drug-likeness (QED) is 0.748. The fraction of sp³-hybridized carbons (Fsp3) is 0.571. The number of hydrogen-bond donors (Lipinski definition) is 2. The first kappa shape index (κ1) is 19.2. The van der Waals surface area contributed by atoms with Gasteiger partial charge in [0.1, 0.15) is 0 Å². The summed E-state index contributed by atoms with van der Waals surface area (Å²) in [5.41, 5.74) is 2.62. The maximum Gasteiger partial charge on any atom is 0.278 e. The molecule has 0 saturated carbocycles. The Morgan fingerprint density at radius 3 is 2.73 bits per heavy atom. The number of nitrogens with zero attached hydrogens (tertiary/aromatic N) is 1.